The number of benzene rings is 1. The van der Waals surface area contributed by atoms with Gasteiger partial charge in [0.1, 0.15) is 17.3 Å². The SMILES string of the molecule is CCOC1CC(C)=C2CC=C(Oc3ccc(NC(=O)N(C)OC)cc3)C=C2O1. The van der Waals surface area contributed by atoms with Gasteiger partial charge in [-0.3, -0.25) is 4.84 Å². The summed E-state index contributed by atoms with van der Waals surface area (Å²) < 4.78 is 17.5. The summed E-state index contributed by atoms with van der Waals surface area (Å²) in [5, 5.41) is 3.83. The molecule has 7 heteroatoms. The number of hydrogen-bond donors (Lipinski definition) is 1. The highest BCUT2D eigenvalue weighted by atomic mass is 16.7. The zero-order valence-electron chi connectivity index (χ0n) is 16.7. The van der Waals surface area contributed by atoms with E-state index in [2.05, 4.69) is 12.2 Å². The number of carbonyl (C=O) groups is 1. The van der Waals surface area contributed by atoms with Gasteiger partial charge in [-0.2, -0.15) is 0 Å². The van der Waals surface area contributed by atoms with Gasteiger partial charge in [0.25, 0.3) is 0 Å². The Kier molecular flexibility index (Phi) is 6.38. The summed E-state index contributed by atoms with van der Waals surface area (Å²) >= 11 is 0. The molecule has 2 amide bonds. The van der Waals surface area contributed by atoms with Gasteiger partial charge in [-0.1, -0.05) is 5.57 Å². The predicted octanol–water partition coefficient (Wildman–Crippen LogP) is 4.36. The number of anilines is 1. The number of carbonyl (C=O) groups excluding carboxylic acids is 1. The first-order chi connectivity index (χ1) is 13.5. The van der Waals surface area contributed by atoms with E-state index in [0.717, 1.165) is 29.4 Å². The quantitative estimate of drug-likeness (QED) is 0.736. The van der Waals surface area contributed by atoms with Crippen molar-refractivity contribution in [1.82, 2.24) is 5.06 Å². The molecule has 3 rings (SSSR count). The molecule has 1 heterocycles. The van der Waals surface area contributed by atoms with E-state index in [0.29, 0.717) is 18.0 Å². The number of hydroxylamine groups is 2. The fourth-order valence-corrected chi connectivity index (χ4v) is 3.00. The minimum Gasteiger partial charge on any atom is -0.464 e. The van der Waals surface area contributed by atoms with Crippen molar-refractivity contribution in [2.24, 2.45) is 0 Å². The van der Waals surface area contributed by atoms with Crippen LogP contribution in [0.15, 0.2) is 59.1 Å². The molecule has 1 aromatic rings. The van der Waals surface area contributed by atoms with E-state index in [1.54, 1.807) is 24.3 Å². The molecule has 1 aliphatic heterocycles. The van der Waals surface area contributed by atoms with E-state index in [-0.39, 0.29) is 12.3 Å². The molecular formula is C21H26N2O5. The maximum atomic E-state index is 11.8. The number of rotatable bonds is 6. The Morgan fingerprint density at radius 2 is 2.07 bits per heavy atom. The predicted molar refractivity (Wildman–Crippen MR) is 105 cm³/mol. The summed E-state index contributed by atoms with van der Waals surface area (Å²) in [6, 6.07) is 6.77. The molecule has 1 aromatic carbocycles. The maximum Gasteiger partial charge on any atom is 0.345 e. The molecule has 0 radical (unpaired) electrons. The van der Waals surface area contributed by atoms with Gasteiger partial charge in [-0.15, -0.1) is 0 Å². The average Bonchev–Trinajstić information content (AvgIpc) is 2.69. The zero-order chi connectivity index (χ0) is 20.1. The van der Waals surface area contributed by atoms with Crippen molar-refractivity contribution >= 4 is 11.7 Å². The van der Waals surface area contributed by atoms with Crippen LogP contribution in [0.4, 0.5) is 10.5 Å². The Bertz CT molecular complexity index is 811. The first kappa shape index (κ1) is 20.0. The van der Waals surface area contributed by atoms with E-state index in [1.807, 2.05) is 19.1 Å². The van der Waals surface area contributed by atoms with Gasteiger partial charge < -0.3 is 19.5 Å². The number of nitrogens with zero attached hydrogens (tertiary/aromatic N) is 1. The van der Waals surface area contributed by atoms with Crippen LogP contribution in [0.1, 0.15) is 26.7 Å². The molecule has 1 unspecified atom stereocenters. The van der Waals surface area contributed by atoms with E-state index in [9.17, 15) is 4.79 Å². The standard InChI is InChI=1S/C21H26N2O5/c1-5-26-20-12-14(2)18-11-10-17(13-19(18)28-20)27-16-8-6-15(7-9-16)22-21(24)23(3)25-4/h6-10,13,20H,5,11-12H2,1-4H3,(H,22,24). The van der Waals surface area contributed by atoms with E-state index < -0.39 is 0 Å². The Balaban J connectivity index is 1.65. The molecule has 0 bridgehead atoms. The van der Waals surface area contributed by atoms with Crippen LogP contribution in [0.3, 0.4) is 0 Å². The van der Waals surface area contributed by atoms with Gasteiger partial charge in [0.2, 0.25) is 6.29 Å². The van der Waals surface area contributed by atoms with Crippen molar-refractivity contribution < 1.29 is 23.8 Å². The lowest BCUT2D eigenvalue weighted by Crippen LogP contribution is -2.30. The molecule has 1 aliphatic carbocycles. The van der Waals surface area contributed by atoms with Crippen LogP contribution in [0.25, 0.3) is 0 Å². The van der Waals surface area contributed by atoms with Gasteiger partial charge in [-0.05, 0) is 56.2 Å². The molecule has 28 heavy (non-hydrogen) atoms. The first-order valence-electron chi connectivity index (χ1n) is 9.26. The summed E-state index contributed by atoms with van der Waals surface area (Å²) in [5.74, 6) is 2.20. The molecule has 0 aromatic heterocycles. The average molecular weight is 386 g/mol. The third-order valence-corrected chi connectivity index (χ3v) is 4.58. The van der Waals surface area contributed by atoms with Crippen molar-refractivity contribution in [3.8, 4) is 5.75 Å². The van der Waals surface area contributed by atoms with Gasteiger partial charge in [-0.25, -0.2) is 9.86 Å². The number of ether oxygens (including phenoxy) is 3. The smallest absolute Gasteiger partial charge is 0.345 e. The van der Waals surface area contributed by atoms with Crippen LogP contribution in [0.5, 0.6) is 5.75 Å². The second-order valence-electron chi connectivity index (χ2n) is 6.52. The molecule has 1 atom stereocenters. The highest BCUT2D eigenvalue weighted by Crippen LogP contribution is 2.35. The lowest BCUT2D eigenvalue weighted by molar-refractivity contribution is -0.114. The van der Waals surface area contributed by atoms with Crippen molar-refractivity contribution in [3.63, 3.8) is 0 Å². The number of amides is 2. The van der Waals surface area contributed by atoms with Crippen LogP contribution >= 0.6 is 0 Å². The van der Waals surface area contributed by atoms with E-state index in [1.165, 1.54) is 25.3 Å². The molecule has 150 valence electrons. The topological polar surface area (TPSA) is 69.3 Å². The van der Waals surface area contributed by atoms with Gasteiger partial charge in [0.05, 0.1) is 7.11 Å². The number of urea groups is 1. The summed E-state index contributed by atoms with van der Waals surface area (Å²) in [7, 11) is 2.96. The van der Waals surface area contributed by atoms with Gasteiger partial charge >= 0.3 is 6.03 Å². The Morgan fingerprint density at radius 1 is 1.32 bits per heavy atom. The third kappa shape index (κ3) is 4.74. The van der Waals surface area contributed by atoms with Crippen LogP contribution < -0.4 is 10.1 Å². The molecule has 0 spiro atoms. The fourth-order valence-electron chi connectivity index (χ4n) is 3.00. The van der Waals surface area contributed by atoms with Crippen LogP contribution in [0, 0.1) is 0 Å². The normalized spacial score (nSPS) is 18.5. The summed E-state index contributed by atoms with van der Waals surface area (Å²) in [6.45, 7) is 4.69. The number of fused-ring (bicyclic) bond motifs is 1. The summed E-state index contributed by atoms with van der Waals surface area (Å²) in [5.41, 5.74) is 3.13. The highest BCUT2D eigenvalue weighted by Gasteiger charge is 2.26. The lowest BCUT2D eigenvalue weighted by Gasteiger charge is -2.30. The van der Waals surface area contributed by atoms with Crippen molar-refractivity contribution in [2.45, 2.75) is 33.0 Å². The summed E-state index contributed by atoms with van der Waals surface area (Å²) in [6.07, 6.45) is 5.25. The molecular weight excluding hydrogens is 360 g/mol. The largest absolute Gasteiger partial charge is 0.464 e. The minimum absolute atomic E-state index is 0.243. The molecule has 7 nitrogen and oxygen atoms in total. The Labute approximate surface area is 165 Å². The monoisotopic (exact) mass is 386 g/mol. The van der Waals surface area contributed by atoms with E-state index in [4.69, 9.17) is 19.0 Å². The Morgan fingerprint density at radius 3 is 2.75 bits per heavy atom. The fraction of sp³-hybridized carbons (Fsp3) is 0.381. The van der Waals surface area contributed by atoms with E-state index >= 15 is 0 Å². The first-order valence-corrected chi connectivity index (χ1v) is 9.26. The highest BCUT2D eigenvalue weighted by molar-refractivity contribution is 5.88. The van der Waals surface area contributed by atoms with Gasteiger partial charge in [0.15, 0.2) is 0 Å². The minimum atomic E-state index is -0.358. The number of hydrogen-bond acceptors (Lipinski definition) is 5. The molecule has 2 aliphatic rings. The number of allylic oxidation sites excluding steroid dienone is 3. The Hall–Kier alpha value is -2.77. The third-order valence-electron chi connectivity index (χ3n) is 4.58. The van der Waals surface area contributed by atoms with Crippen molar-refractivity contribution in [1.29, 1.82) is 0 Å². The summed E-state index contributed by atoms with van der Waals surface area (Å²) in [4.78, 5) is 16.6. The van der Waals surface area contributed by atoms with Crippen LogP contribution in [-0.2, 0) is 14.3 Å². The maximum absolute atomic E-state index is 11.8. The van der Waals surface area contributed by atoms with Crippen LogP contribution in [0.2, 0.25) is 0 Å². The van der Waals surface area contributed by atoms with Crippen molar-refractivity contribution in [2.75, 3.05) is 26.1 Å². The second kappa shape index (κ2) is 8.95. The second-order valence-corrected chi connectivity index (χ2v) is 6.52. The molecule has 0 fully saturated rings. The van der Waals surface area contributed by atoms with Crippen molar-refractivity contribution in [3.05, 3.63) is 59.1 Å². The molecule has 0 saturated heterocycles. The van der Waals surface area contributed by atoms with Crippen LogP contribution in [-0.4, -0.2) is 38.1 Å². The van der Waals surface area contributed by atoms with Gasteiger partial charge in [0, 0.05) is 31.8 Å². The molecule has 0 saturated carbocycles. The number of nitrogens with one attached hydrogen (secondary N) is 1. The zero-order valence-corrected chi connectivity index (χ0v) is 16.7. The lowest BCUT2D eigenvalue weighted by atomic mass is 9.95. The molecule has 1 N–H and O–H groups in total.